The molecule has 0 fully saturated rings. The molecule has 1 aromatic carbocycles. The molecule has 0 aliphatic carbocycles. The quantitative estimate of drug-likeness (QED) is 0.301. The van der Waals surface area contributed by atoms with Gasteiger partial charge in [-0.3, -0.25) is 9.79 Å². The third kappa shape index (κ3) is 8.20. The minimum absolute atomic E-state index is 0. The van der Waals surface area contributed by atoms with Gasteiger partial charge in [0.25, 0.3) is 0 Å². The van der Waals surface area contributed by atoms with Crippen LogP contribution in [0.5, 0.6) is 0 Å². The van der Waals surface area contributed by atoms with E-state index in [2.05, 4.69) is 34.7 Å². The lowest BCUT2D eigenvalue weighted by Gasteiger charge is -2.16. The molecule has 130 valence electrons. The average molecular weight is 433 g/mol. The molecule has 0 spiro atoms. The number of hydrogen-bond donors (Lipinski definition) is 2. The monoisotopic (exact) mass is 433 g/mol. The number of nitrogens with zero attached hydrogens (tertiary/aromatic N) is 1. The lowest BCUT2D eigenvalue weighted by molar-refractivity contribution is -0.144. The van der Waals surface area contributed by atoms with Crippen molar-refractivity contribution >= 4 is 35.9 Å². The second-order valence-electron chi connectivity index (χ2n) is 5.34. The van der Waals surface area contributed by atoms with E-state index in [-0.39, 0.29) is 35.9 Å². The summed E-state index contributed by atoms with van der Waals surface area (Å²) < 4.78 is 4.71. The fourth-order valence-electron chi connectivity index (χ4n) is 1.99. The molecule has 0 saturated carbocycles. The molecule has 0 bridgehead atoms. The van der Waals surface area contributed by atoms with Gasteiger partial charge in [-0.2, -0.15) is 0 Å². The summed E-state index contributed by atoms with van der Waals surface area (Å²) in [5, 5.41) is 6.51. The van der Waals surface area contributed by atoms with E-state index in [0.717, 1.165) is 19.0 Å². The fourth-order valence-corrected chi connectivity index (χ4v) is 1.99. The van der Waals surface area contributed by atoms with Crippen molar-refractivity contribution in [3.05, 3.63) is 35.9 Å². The number of carbonyl (C=O) groups is 1. The molecular weight excluding hydrogens is 405 g/mol. The van der Waals surface area contributed by atoms with Crippen LogP contribution in [0.2, 0.25) is 0 Å². The highest BCUT2D eigenvalue weighted by molar-refractivity contribution is 14.0. The van der Waals surface area contributed by atoms with Crippen LogP contribution in [0.15, 0.2) is 35.3 Å². The zero-order valence-corrected chi connectivity index (χ0v) is 16.7. The minimum atomic E-state index is -0.244. The van der Waals surface area contributed by atoms with Gasteiger partial charge in [0, 0.05) is 13.1 Å². The lowest BCUT2D eigenvalue weighted by atomic mass is 10.0. The van der Waals surface area contributed by atoms with Crippen LogP contribution in [-0.2, 0) is 9.53 Å². The summed E-state index contributed by atoms with van der Waals surface area (Å²) in [5.41, 5.74) is 1.29. The Bertz CT molecular complexity index is 480. The number of methoxy groups -OCH3 is 1. The number of carbonyl (C=O) groups excluding carboxylic acids is 1. The van der Waals surface area contributed by atoms with Gasteiger partial charge in [0.05, 0.1) is 19.6 Å². The molecule has 6 heteroatoms. The molecular formula is C17H28IN3O2. The van der Waals surface area contributed by atoms with Crippen LogP contribution in [0.25, 0.3) is 0 Å². The summed E-state index contributed by atoms with van der Waals surface area (Å²) >= 11 is 0. The third-order valence-corrected chi connectivity index (χ3v) is 3.42. The summed E-state index contributed by atoms with van der Waals surface area (Å²) in [4.78, 5) is 15.8. The van der Waals surface area contributed by atoms with Gasteiger partial charge >= 0.3 is 5.97 Å². The molecule has 2 atom stereocenters. The number of nitrogens with one attached hydrogen (secondary N) is 2. The lowest BCUT2D eigenvalue weighted by Crippen LogP contribution is -2.39. The fraction of sp³-hybridized carbons (Fsp3) is 0.529. The van der Waals surface area contributed by atoms with E-state index in [1.807, 2.05) is 32.0 Å². The van der Waals surface area contributed by atoms with Gasteiger partial charge in [-0.15, -0.1) is 24.0 Å². The standard InChI is InChI=1S/C17H27N3O2.HI/c1-5-18-17(20-12-14(3)16(21)22-4)19-11-13(2)15-9-7-6-8-10-15;/h6-10,13-14H,5,11-12H2,1-4H3,(H2,18,19,20);1H. The molecule has 0 aromatic heterocycles. The summed E-state index contributed by atoms with van der Waals surface area (Å²) in [6.07, 6.45) is 0. The first-order chi connectivity index (χ1) is 10.6. The zero-order chi connectivity index (χ0) is 16.4. The highest BCUT2D eigenvalue weighted by Gasteiger charge is 2.13. The maximum absolute atomic E-state index is 11.4. The largest absolute Gasteiger partial charge is 0.469 e. The minimum Gasteiger partial charge on any atom is -0.469 e. The van der Waals surface area contributed by atoms with E-state index in [4.69, 9.17) is 4.74 Å². The summed E-state index contributed by atoms with van der Waals surface area (Å²) in [5.74, 6) is 0.619. The number of guanidine groups is 1. The van der Waals surface area contributed by atoms with E-state index in [1.54, 1.807) is 0 Å². The van der Waals surface area contributed by atoms with Crippen LogP contribution in [0.3, 0.4) is 0 Å². The maximum atomic E-state index is 11.4. The molecule has 0 aliphatic rings. The summed E-state index contributed by atoms with van der Waals surface area (Å²) in [7, 11) is 1.40. The van der Waals surface area contributed by atoms with Crippen molar-refractivity contribution in [2.75, 3.05) is 26.7 Å². The Kier molecular flexibility index (Phi) is 11.5. The maximum Gasteiger partial charge on any atom is 0.310 e. The number of rotatable bonds is 7. The van der Waals surface area contributed by atoms with Crippen molar-refractivity contribution < 1.29 is 9.53 Å². The molecule has 0 amide bonds. The predicted molar refractivity (Wildman–Crippen MR) is 105 cm³/mol. The molecule has 2 unspecified atom stereocenters. The van der Waals surface area contributed by atoms with Gasteiger partial charge in [-0.05, 0) is 18.4 Å². The van der Waals surface area contributed by atoms with Crippen molar-refractivity contribution in [1.82, 2.24) is 10.6 Å². The molecule has 0 saturated heterocycles. The number of esters is 1. The highest BCUT2D eigenvalue weighted by Crippen LogP contribution is 2.12. The van der Waals surface area contributed by atoms with Crippen molar-refractivity contribution in [1.29, 1.82) is 0 Å². The van der Waals surface area contributed by atoms with Gasteiger partial charge in [0.1, 0.15) is 0 Å². The molecule has 5 nitrogen and oxygen atoms in total. The Hall–Kier alpha value is -1.31. The SMILES string of the molecule is CCNC(=NCC(C)C(=O)OC)NCC(C)c1ccccc1.I. The van der Waals surface area contributed by atoms with Crippen LogP contribution >= 0.6 is 24.0 Å². The molecule has 0 radical (unpaired) electrons. The number of benzene rings is 1. The van der Waals surface area contributed by atoms with E-state index in [9.17, 15) is 4.79 Å². The van der Waals surface area contributed by atoms with Crippen LogP contribution in [0.1, 0.15) is 32.3 Å². The van der Waals surface area contributed by atoms with Gasteiger partial charge in [0.15, 0.2) is 5.96 Å². The van der Waals surface area contributed by atoms with Crippen molar-refractivity contribution in [3.63, 3.8) is 0 Å². The summed E-state index contributed by atoms with van der Waals surface area (Å²) in [6, 6.07) is 10.3. The second-order valence-corrected chi connectivity index (χ2v) is 5.34. The van der Waals surface area contributed by atoms with Crippen molar-refractivity contribution in [2.24, 2.45) is 10.9 Å². The van der Waals surface area contributed by atoms with Crippen LogP contribution in [0.4, 0.5) is 0 Å². The normalized spacial score (nSPS) is 13.5. The Morgan fingerprint density at radius 2 is 1.87 bits per heavy atom. The Morgan fingerprint density at radius 3 is 2.43 bits per heavy atom. The van der Waals surface area contributed by atoms with Crippen molar-refractivity contribution in [3.8, 4) is 0 Å². The van der Waals surface area contributed by atoms with E-state index >= 15 is 0 Å². The van der Waals surface area contributed by atoms with Crippen LogP contribution in [0, 0.1) is 5.92 Å². The third-order valence-electron chi connectivity index (χ3n) is 3.42. The first-order valence-electron chi connectivity index (χ1n) is 7.73. The van der Waals surface area contributed by atoms with E-state index < -0.39 is 0 Å². The first kappa shape index (κ1) is 21.7. The zero-order valence-electron chi connectivity index (χ0n) is 14.3. The highest BCUT2D eigenvalue weighted by atomic mass is 127. The Morgan fingerprint density at radius 1 is 1.22 bits per heavy atom. The van der Waals surface area contributed by atoms with Crippen LogP contribution in [-0.4, -0.2) is 38.7 Å². The topological polar surface area (TPSA) is 62.7 Å². The first-order valence-corrected chi connectivity index (χ1v) is 7.73. The number of ether oxygens (including phenoxy) is 1. The average Bonchev–Trinajstić information content (AvgIpc) is 2.56. The Balaban J connectivity index is 0.00000484. The summed E-state index contributed by atoms with van der Waals surface area (Å²) in [6.45, 7) is 7.96. The van der Waals surface area contributed by atoms with Crippen LogP contribution < -0.4 is 10.6 Å². The number of hydrogen-bond acceptors (Lipinski definition) is 3. The van der Waals surface area contributed by atoms with E-state index in [0.29, 0.717) is 12.5 Å². The second kappa shape index (κ2) is 12.2. The molecule has 23 heavy (non-hydrogen) atoms. The van der Waals surface area contributed by atoms with E-state index in [1.165, 1.54) is 12.7 Å². The molecule has 2 N–H and O–H groups in total. The Labute approximate surface area is 156 Å². The van der Waals surface area contributed by atoms with Gasteiger partial charge in [-0.1, -0.05) is 44.2 Å². The van der Waals surface area contributed by atoms with Gasteiger partial charge in [0.2, 0.25) is 0 Å². The predicted octanol–water partition coefficient (Wildman–Crippen LogP) is 2.77. The molecule has 1 aromatic rings. The smallest absolute Gasteiger partial charge is 0.310 e. The molecule has 0 heterocycles. The number of halogens is 1. The number of aliphatic imine (C=N–C) groups is 1. The van der Waals surface area contributed by atoms with Crippen molar-refractivity contribution in [2.45, 2.75) is 26.7 Å². The molecule has 1 rings (SSSR count). The van der Waals surface area contributed by atoms with Gasteiger partial charge in [-0.25, -0.2) is 0 Å². The van der Waals surface area contributed by atoms with Gasteiger partial charge < -0.3 is 15.4 Å². The molecule has 0 aliphatic heterocycles.